The Hall–Kier alpha value is -3.78. The van der Waals surface area contributed by atoms with Gasteiger partial charge in [0.25, 0.3) is 0 Å². The van der Waals surface area contributed by atoms with Gasteiger partial charge in [0.05, 0.1) is 12.9 Å². The number of rotatable bonds is 7. The molecule has 3 aromatic carbocycles. The summed E-state index contributed by atoms with van der Waals surface area (Å²) >= 11 is 1.24. The van der Waals surface area contributed by atoms with Gasteiger partial charge >= 0.3 is 0 Å². The highest BCUT2D eigenvalue weighted by atomic mass is 32.2. The van der Waals surface area contributed by atoms with Crippen molar-refractivity contribution in [3.05, 3.63) is 78.4 Å². The van der Waals surface area contributed by atoms with Gasteiger partial charge in [0.1, 0.15) is 5.75 Å². The van der Waals surface area contributed by atoms with Crippen LogP contribution in [0.2, 0.25) is 0 Å². The number of hydrogen-bond acceptors (Lipinski definition) is 7. The summed E-state index contributed by atoms with van der Waals surface area (Å²) in [5.41, 5.74) is 2.00. The summed E-state index contributed by atoms with van der Waals surface area (Å²) in [4.78, 5) is 12.6. The average molecular weight is 433 g/mol. The molecule has 0 atom stereocenters. The zero-order chi connectivity index (χ0) is 21.8. The Labute approximate surface area is 183 Å². The molecular weight excluding hydrogens is 414 g/mol. The Balaban J connectivity index is 1.67. The van der Waals surface area contributed by atoms with Crippen LogP contribution < -0.4 is 4.74 Å². The first-order chi connectivity index (χ1) is 15.1. The second-order valence-corrected chi connectivity index (χ2v) is 7.57. The van der Waals surface area contributed by atoms with Gasteiger partial charge in [-0.25, -0.2) is 0 Å². The molecule has 0 saturated heterocycles. The number of carbonyl (C=O) groups excluding carboxylic acids is 1. The van der Waals surface area contributed by atoms with E-state index >= 15 is 0 Å². The van der Waals surface area contributed by atoms with Crippen LogP contribution in [0, 0.1) is 0 Å². The van der Waals surface area contributed by atoms with Gasteiger partial charge in [0.15, 0.2) is 28.3 Å². The number of phenols is 2. The van der Waals surface area contributed by atoms with Crippen LogP contribution in [0.1, 0.15) is 10.4 Å². The van der Waals surface area contributed by atoms with Gasteiger partial charge < -0.3 is 14.9 Å². The summed E-state index contributed by atoms with van der Waals surface area (Å²) in [6.45, 7) is 0. The molecule has 0 fully saturated rings. The predicted octanol–water partition coefficient (Wildman–Crippen LogP) is 4.33. The van der Waals surface area contributed by atoms with Crippen molar-refractivity contribution in [2.75, 3.05) is 12.9 Å². The normalized spacial score (nSPS) is 10.7. The third-order valence-corrected chi connectivity index (χ3v) is 5.53. The molecule has 0 unspecified atom stereocenters. The number of nitrogens with zero attached hydrogens (tertiary/aromatic N) is 3. The first-order valence-electron chi connectivity index (χ1n) is 9.40. The third kappa shape index (κ3) is 4.39. The number of ether oxygens (including phenoxy) is 1. The molecule has 31 heavy (non-hydrogen) atoms. The summed E-state index contributed by atoms with van der Waals surface area (Å²) in [6.07, 6.45) is 0. The van der Waals surface area contributed by atoms with Crippen molar-refractivity contribution >= 4 is 17.5 Å². The highest BCUT2D eigenvalue weighted by Gasteiger charge is 2.18. The van der Waals surface area contributed by atoms with Crippen LogP contribution in [-0.4, -0.2) is 43.6 Å². The molecule has 1 heterocycles. The van der Waals surface area contributed by atoms with Crippen molar-refractivity contribution < 1.29 is 19.7 Å². The van der Waals surface area contributed by atoms with E-state index in [4.69, 9.17) is 4.74 Å². The molecule has 4 aromatic rings. The smallest absolute Gasteiger partial charge is 0.196 e. The molecule has 2 N–H and O–H groups in total. The number of phenolic OH excluding ortho intramolecular Hbond substituents is 2. The number of ketones is 1. The molecule has 4 rings (SSSR count). The van der Waals surface area contributed by atoms with Crippen LogP contribution in [0.5, 0.6) is 17.2 Å². The van der Waals surface area contributed by atoms with Gasteiger partial charge in [-0.15, -0.1) is 10.2 Å². The van der Waals surface area contributed by atoms with Crippen LogP contribution in [0.3, 0.4) is 0 Å². The average Bonchev–Trinajstić information content (AvgIpc) is 3.24. The monoisotopic (exact) mass is 433 g/mol. The second-order valence-electron chi connectivity index (χ2n) is 6.62. The molecule has 0 saturated carbocycles. The fourth-order valence-electron chi connectivity index (χ4n) is 3.03. The number of methoxy groups -OCH3 is 1. The third-order valence-electron chi connectivity index (χ3n) is 4.61. The molecule has 7 nitrogen and oxygen atoms in total. The second kappa shape index (κ2) is 8.93. The molecule has 0 spiro atoms. The molecule has 0 aliphatic rings. The Morgan fingerprint density at radius 1 is 0.968 bits per heavy atom. The van der Waals surface area contributed by atoms with Crippen LogP contribution in [0.4, 0.5) is 0 Å². The lowest BCUT2D eigenvalue weighted by molar-refractivity contribution is 0.102. The first kappa shape index (κ1) is 20.5. The minimum Gasteiger partial charge on any atom is -0.504 e. The fourth-order valence-corrected chi connectivity index (χ4v) is 3.88. The zero-order valence-corrected chi connectivity index (χ0v) is 17.4. The number of Topliss-reactive ketones (excluding diaryl/α,β-unsaturated/α-hetero) is 1. The molecule has 0 aliphatic carbocycles. The lowest BCUT2D eigenvalue weighted by atomic mass is 10.1. The molecule has 1 aromatic heterocycles. The van der Waals surface area contributed by atoms with Crippen molar-refractivity contribution in [3.63, 3.8) is 0 Å². The van der Waals surface area contributed by atoms with E-state index in [0.717, 1.165) is 11.3 Å². The van der Waals surface area contributed by atoms with Crippen molar-refractivity contribution in [2.24, 2.45) is 0 Å². The van der Waals surface area contributed by atoms with E-state index in [9.17, 15) is 15.0 Å². The minimum atomic E-state index is -0.330. The maximum absolute atomic E-state index is 12.6. The molecule has 0 aliphatic heterocycles. The highest BCUT2D eigenvalue weighted by molar-refractivity contribution is 7.99. The summed E-state index contributed by atoms with van der Waals surface area (Å²) in [6, 6.07) is 21.2. The van der Waals surface area contributed by atoms with Crippen LogP contribution in [0.25, 0.3) is 17.1 Å². The topological polar surface area (TPSA) is 97.5 Å². The number of hydrogen-bond donors (Lipinski definition) is 2. The van der Waals surface area contributed by atoms with Gasteiger partial charge in [0.2, 0.25) is 0 Å². The molecule has 0 bridgehead atoms. The van der Waals surface area contributed by atoms with E-state index < -0.39 is 0 Å². The van der Waals surface area contributed by atoms with Crippen molar-refractivity contribution in [3.8, 4) is 34.3 Å². The fraction of sp³-hybridized carbons (Fsp3) is 0.0870. The van der Waals surface area contributed by atoms with Crippen molar-refractivity contribution in [1.82, 2.24) is 14.8 Å². The van der Waals surface area contributed by atoms with Gasteiger partial charge in [-0.2, -0.15) is 0 Å². The van der Waals surface area contributed by atoms with E-state index in [1.165, 1.54) is 30.0 Å². The number of carbonyl (C=O) groups is 1. The van der Waals surface area contributed by atoms with Gasteiger partial charge in [0, 0.05) is 16.8 Å². The van der Waals surface area contributed by atoms with E-state index in [0.29, 0.717) is 22.3 Å². The Bertz CT molecular complexity index is 1220. The number of aromatic nitrogens is 3. The van der Waals surface area contributed by atoms with Gasteiger partial charge in [-0.3, -0.25) is 9.36 Å². The molecule has 156 valence electrons. The van der Waals surface area contributed by atoms with Crippen LogP contribution in [-0.2, 0) is 0 Å². The summed E-state index contributed by atoms with van der Waals surface area (Å²) in [5.74, 6) is 0.622. The van der Waals surface area contributed by atoms with Crippen LogP contribution in [0.15, 0.2) is 78.0 Å². The minimum absolute atomic E-state index is 0.0906. The van der Waals surface area contributed by atoms with Crippen LogP contribution >= 0.6 is 11.8 Å². The first-order valence-corrected chi connectivity index (χ1v) is 10.4. The number of aromatic hydroxyl groups is 2. The summed E-state index contributed by atoms with van der Waals surface area (Å²) in [7, 11) is 1.61. The quantitative estimate of drug-likeness (QED) is 0.254. The summed E-state index contributed by atoms with van der Waals surface area (Å²) in [5, 5.41) is 28.3. The molecule has 0 radical (unpaired) electrons. The zero-order valence-electron chi connectivity index (χ0n) is 16.6. The lowest BCUT2D eigenvalue weighted by Crippen LogP contribution is -2.05. The Morgan fingerprint density at radius 2 is 1.77 bits per heavy atom. The van der Waals surface area contributed by atoms with E-state index in [-0.39, 0.29) is 23.0 Å². The molecule has 0 amide bonds. The number of benzene rings is 3. The van der Waals surface area contributed by atoms with Crippen molar-refractivity contribution in [2.45, 2.75) is 5.16 Å². The largest absolute Gasteiger partial charge is 0.504 e. The summed E-state index contributed by atoms with van der Waals surface area (Å²) < 4.78 is 7.22. The SMILES string of the molecule is COc1cccc(-c2nnc(SCC(=O)c3ccc(O)c(O)c3)n2-c2ccccc2)c1. The van der Waals surface area contributed by atoms with Gasteiger partial charge in [-0.05, 0) is 42.5 Å². The predicted molar refractivity (Wildman–Crippen MR) is 118 cm³/mol. The van der Waals surface area contributed by atoms with E-state index in [1.807, 2.05) is 59.2 Å². The van der Waals surface area contributed by atoms with E-state index in [1.54, 1.807) is 7.11 Å². The van der Waals surface area contributed by atoms with E-state index in [2.05, 4.69) is 10.2 Å². The Morgan fingerprint density at radius 3 is 2.52 bits per heavy atom. The molecular formula is C23H19N3O4S. The maximum Gasteiger partial charge on any atom is 0.196 e. The van der Waals surface area contributed by atoms with Crippen molar-refractivity contribution in [1.29, 1.82) is 0 Å². The lowest BCUT2D eigenvalue weighted by Gasteiger charge is -2.11. The standard InChI is InChI=1S/C23H19N3O4S/c1-30-18-9-5-6-16(12-18)22-24-25-23(26(22)17-7-3-2-4-8-17)31-14-21(29)15-10-11-19(27)20(28)13-15/h2-13,27-28H,14H2,1H3. The number of para-hydroxylation sites is 1. The number of thioether (sulfide) groups is 1. The Kier molecular flexibility index (Phi) is 5.90. The highest BCUT2D eigenvalue weighted by Crippen LogP contribution is 2.31. The van der Waals surface area contributed by atoms with Gasteiger partial charge in [-0.1, -0.05) is 42.1 Å². The molecule has 8 heteroatoms. The maximum atomic E-state index is 12.6.